The molecule has 1 amide bonds. The maximum Gasteiger partial charge on any atom is 0.254 e. The Kier molecular flexibility index (Phi) is 4.95. The van der Waals surface area contributed by atoms with Crippen LogP contribution in [-0.4, -0.2) is 26.4 Å². The van der Waals surface area contributed by atoms with Gasteiger partial charge < -0.3 is 9.88 Å². The molecule has 1 unspecified atom stereocenters. The summed E-state index contributed by atoms with van der Waals surface area (Å²) in [5, 5.41) is 11.7. The number of hydrogen-bond donors (Lipinski definition) is 1. The van der Waals surface area contributed by atoms with Crippen molar-refractivity contribution in [3.05, 3.63) is 41.5 Å². The summed E-state index contributed by atoms with van der Waals surface area (Å²) in [6.07, 6.45) is 0. The molecule has 7 heteroatoms. The molecule has 0 aliphatic heterocycles. The Balaban J connectivity index is 2.13. The van der Waals surface area contributed by atoms with Gasteiger partial charge in [0.05, 0.1) is 11.6 Å². The highest BCUT2D eigenvalue weighted by molar-refractivity contribution is 7.99. The average Bonchev–Trinajstić information content (AvgIpc) is 2.81. The molecular weight excluding hydrogens is 291 g/mol. The standard InChI is InChI=1S/C14H17FN4OS/c1-4-21-14-18-17-12(19(14)3)9(2)16-13(20)10-7-5-6-8-11(10)15/h5-9H,4H2,1-3H3,(H,16,20). The molecule has 1 atom stereocenters. The van der Waals surface area contributed by atoms with E-state index in [0.29, 0.717) is 5.82 Å². The Labute approximate surface area is 127 Å². The summed E-state index contributed by atoms with van der Waals surface area (Å²) in [6.45, 7) is 3.82. The van der Waals surface area contributed by atoms with Crippen LogP contribution in [0.5, 0.6) is 0 Å². The predicted molar refractivity (Wildman–Crippen MR) is 79.7 cm³/mol. The van der Waals surface area contributed by atoms with Gasteiger partial charge in [0.25, 0.3) is 5.91 Å². The number of hydrogen-bond acceptors (Lipinski definition) is 4. The van der Waals surface area contributed by atoms with Gasteiger partial charge in [-0.05, 0) is 24.8 Å². The van der Waals surface area contributed by atoms with E-state index < -0.39 is 11.7 Å². The van der Waals surface area contributed by atoms with E-state index >= 15 is 0 Å². The van der Waals surface area contributed by atoms with E-state index in [2.05, 4.69) is 15.5 Å². The third-order valence-corrected chi connectivity index (χ3v) is 3.90. The molecule has 0 saturated carbocycles. The van der Waals surface area contributed by atoms with Crippen molar-refractivity contribution in [2.75, 3.05) is 5.75 Å². The van der Waals surface area contributed by atoms with Crippen molar-refractivity contribution in [1.29, 1.82) is 0 Å². The second-order valence-electron chi connectivity index (χ2n) is 4.51. The lowest BCUT2D eigenvalue weighted by molar-refractivity contribution is 0.0933. The Morgan fingerprint density at radius 1 is 1.43 bits per heavy atom. The van der Waals surface area contributed by atoms with Gasteiger partial charge in [0.2, 0.25) is 0 Å². The molecule has 2 rings (SSSR count). The highest BCUT2D eigenvalue weighted by Crippen LogP contribution is 2.19. The first-order valence-corrected chi connectivity index (χ1v) is 7.60. The average molecular weight is 308 g/mol. The molecule has 21 heavy (non-hydrogen) atoms. The molecule has 1 aromatic heterocycles. The number of amides is 1. The van der Waals surface area contributed by atoms with Crippen LogP contribution in [0.1, 0.15) is 36.1 Å². The van der Waals surface area contributed by atoms with Gasteiger partial charge in [-0.25, -0.2) is 4.39 Å². The second-order valence-corrected chi connectivity index (χ2v) is 5.74. The quantitative estimate of drug-likeness (QED) is 0.862. The van der Waals surface area contributed by atoms with Crippen molar-refractivity contribution < 1.29 is 9.18 Å². The largest absolute Gasteiger partial charge is 0.342 e. The van der Waals surface area contributed by atoms with Gasteiger partial charge in [-0.1, -0.05) is 30.8 Å². The zero-order chi connectivity index (χ0) is 15.4. The lowest BCUT2D eigenvalue weighted by atomic mass is 10.2. The van der Waals surface area contributed by atoms with Crippen molar-refractivity contribution in [2.45, 2.75) is 25.0 Å². The van der Waals surface area contributed by atoms with E-state index in [9.17, 15) is 9.18 Å². The number of benzene rings is 1. The van der Waals surface area contributed by atoms with Gasteiger partial charge in [0.15, 0.2) is 11.0 Å². The highest BCUT2D eigenvalue weighted by Gasteiger charge is 2.19. The lowest BCUT2D eigenvalue weighted by Gasteiger charge is -2.13. The van der Waals surface area contributed by atoms with Crippen molar-refractivity contribution in [2.24, 2.45) is 7.05 Å². The maximum atomic E-state index is 13.6. The van der Waals surface area contributed by atoms with E-state index in [4.69, 9.17) is 0 Å². The fraction of sp³-hybridized carbons (Fsp3) is 0.357. The van der Waals surface area contributed by atoms with Crippen LogP contribution in [0.15, 0.2) is 29.4 Å². The Morgan fingerprint density at radius 3 is 2.81 bits per heavy atom. The van der Waals surface area contributed by atoms with Gasteiger partial charge in [-0.15, -0.1) is 10.2 Å². The fourth-order valence-corrected chi connectivity index (χ4v) is 2.59. The molecule has 0 aliphatic rings. The van der Waals surface area contributed by atoms with E-state index in [-0.39, 0.29) is 11.6 Å². The summed E-state index contributed by atoms with van der Waals surface area (Å²) in [5.41, 5.74) is 0.0228. The van der Waals surface area contributed by atoms with Crippen molar-refractivity contribution in [1.82, 2.24) is 20.1 Å². The van der Waals surface area contributed by atoms with Crippen molar-refractivity contribution in [3.8, 4) is 0 Å². The highest BCUT2D eigenvalue weighted by atomic mass is 32.2. The first-order chi connectivity index (χ1) is 10.0. The minimum Gasteiger partial charge on any atom is -0.342 e. The first kappa shape index (κ1) is 15.5. The van der Waals surface area contributed by atoms with E-state index in [1.54, 1.807) is 30.8 Å². The third-order valence-electron chi connectivity index (χ3n) is 3.00. The molecule has 0 bridgehead atoms. The molecule has 2 aromatic rings. The number of nitrogens with one attached hydrogen (secondary N) is 1. The summed E-state index contributed by atoms with van der Waals surface area (Å²) >= 11 is 1.57. The van der Waals surface area contributed by atoms with Crippen LogP contribution < -0.4 is 5.32 Å². The van der Waals surface area contributed by atoms with Gasteiger partial charge in [0, 0.05) is 7.05 Å². The van der Waals surface area contributed by atoms with E-state index in [1.165, 1.54) is 12.1 Å². The van der Waals surface area contributed by atoms with Crippen LogP contribution in [0.3, 0.4) is 0 Å². The van der Waals surface area contributed by atoms with Gasteiger partial charge in [-0.2, -0.15) is 0 Å². The number of halogens is 1. The minimum atomic E-state index is -0.539. The summed E-state index contributed by atoms with van der Waals surface area (Å²) in [6, 6.07) is 5.53. The molecule has 112 valence electrons. The summed E-state index contributed by atoms with van der Waals surface area (Å²) < 4.78 is 15.4. The van der Waals surface area contributed by atoms with Gasteiger partial charge in [-0.3, -0.25) is 4.79 Å². The normalized spacial score (nSPS) is 12.2. The summed E-state index contributed by atoms with van der Waals surface area (Å²) in [5.74, 6) is 0.522. The molecule has 0 saturated heterocycles. The zero-order valence-electron chi connectivity index (χ0n) is 12.1. The predicted octanol–water partition coefficient (Wildman–Crippen LogP) is 2.56. The Bertz CT molecular complexity index is 644. The lowest BCUT2D eigenvalue weighted by Crippen LogP contribution is -2.29. The minimum absolute atomic E-state index is 0.0228. The van der Waals surface area contributed by atoms with Gasteiger partial charge >= 0.3 is 0 Å². The molecular formula is C14H17FN4OS. The molecule has 0 fully saturated rings. The maximum absolute atomic E-state index is 13.6. The molecule has 0 aliphatic carbocycles. The molecule has 1 aromatic carbocycles. The number of aromatic nitrogens is 3. The number of rotatable bonds is 5. The monoisotopic (exact) mass is 308 g/mol. The van der Waals surface area contributed by atoms with Crippen LogP contribution in [0.2, 0.25) is 0 Å². The Hall–Kier alpha value is -1.89. The van der Waals surface area contributed by atoms with E-state index in [0.717, 1.165) is 10.9 Å². The molecule has 1 N–H and O–H groups in total. The number of carbonyl (C=O) groups excluding carboxylic acids is 1. The summed E-state index contributed by atoms with van der Waals surface area (Å²) in [7, 11) is 1.85. The van der Waals surface area contributed by atoms with Gasteiger partial charge in [0.1, 0.15) is 5.82 Å². The zero-order valence-corrected chi connectivity index (χ0v) is 12.9. The molecule has 0 spiro atoms. The summed E-state index contributed by atoms with van der Waals surface area (Å²) in [4.78, 5) is 12.1. The molecule has 5 nitrogen and oxygen atoms in total. The third kappa shape index (κ3) is 3.41. The molecule has 1 heterocycles. The van der Waals surface area contributed by atoms with Crippen LogP contribution in [0.4, 0.5) is 4.39 Å². The molecule has 0 radical (unpaired) electrons. The second kappa shape index (κ2) is 6.71. The van der Waals surface area contributed by atoms with Crippen LogP contribution in [0, 0.1) is 5.82 Å². The van der Waals surface area contributed by atoms with Crippen LogP contribution in [0.25, 0.3) is 0 Å². The number of nitrogens with zero attached hydrogens (tertiary/aromatic N) is 3. The fourth-order valence-electron chi connectivity index (χ4n) is 1.94. The Morgan fingerprint density at radius 2 is 2.14 bits per heavy atom. The number of thioether (sulfide) groups is 1. The van der Waals surface area contributed by atoms with Crippen LogP contribution in [-0.2, 0) is 7.05 Å². The van der Waals surface area contributed by atoms with Crippen molar-refractivity contribution in [3.63, 3.8) is 0 Å². The van der Waals surface area contributed by atoms with E-state index in [1.807, 2.05) is 18.5 Å². The smallest absolute Gasteiger partial charge is 0.254 e. The topological polar surface area (TPSA) is 59.8 Å². The van der Waals surface area contributed by atoms with Crippen molar-refractivity contribution >= 4 is 17.7 Å². The van der Waals surface area contributed by atoms with Crippen LogP contribution >= 0.6 is 11.8 Å². The first-order valence-electron chi connectivity index (χ1n) is 6.62. The number of carbonyl (C=O) groups is 1. The SMILES string of the molecule is CCSc1nnc(C(C)NC(=O)c2ccccc2F)n1C.